The predicted octanol–water partition coefficient (Wildman–Crippen LogP) is 5.04. The molecule has 2 heteroatoms. The molecule has 0 spiro atoms. The number of fused-ring (bicyclic) bond motifs is 3. The Morgan fingerprint density at radius 1 is 1.10 bits per heavy atom. The molecule has 1 aromatic heterocycles. The van der Waals surface area contributed by atoms with Crippen LogP contribution in [0.25, 0.3) is 34.0 Å². The fourth-order valence-electron chi connectivity index (χ4n) is 2.80. The summed E-state index contributed by atoms with van der Waals surface area (Å²) < 4.78 is 0. The minimum absolute atomic E-state index is 0.880. The number of anilines is 1. The third-order valence-electron chi connectivity index (χ3n) is 3.66. The van der Waals surface area contributed by atoms with Crippen molar-refractivity contribution in [2.24, 2.45) is 0 Å². The van der Waals surface area contributed by atoms with E-state index >= 15 is 0 Å². The van der Waals surface area contributed by atoms with E-state index in [2.05, 4.69) is 54.6 Å². The van der Waals surface area contributed by atoms with Crippen LogP contribution in [0, 0.1) is 0 Å². The van der Waals surface area contributed by atoms with E-state index < -0.39 is 0 Å². The van der Waals surface area contributed by atoms with Crippen LogP contribution in [0.3, 0.4) is 0 Å². The van der Waals surface area contributed by atoms with Crippen molar-refractivity contribution in [3.8, 4) is 0 Å². The monoisotopic (exact) mass is 262 g/mol. The van der Waals surface area contributed by atoms with Gasteiger partial charge in [0.2, 0.25) is 0 Å². The highest BCUT2D eigenvalue weighted by molar-refractivity contribution is 6.12. The Labute approximate surface area is 118 Å². The average molecular weight is 262 g/mol. The van der Waals surface area contributed by atoms with Crippen LogP contribution in [-0.2, 0) is 0 Å². The lowest BCUT2D eigenvalue weighted by Gasteiger charge is -2.12. The standard InChI is InChI=1S/C18H18N2/c1-4-12-13(5-2)18-15(11-17(12)19-6-3)14-9-7-8-10-16(14)20-18/h4-5,7-11,19-20H,1-2,6H2,3H3. The molecule has 0 saturated heterocycles. The van der Waals surface area contributed by atoms with Gasteiger partial charge in [-0.1, -0.05) is 43.5 Å². The highest BCUT2D eigenvalue weighted by atomic mass is 14.9. The van der Waals surface area contributed by atoms with E-state index in [4.69, 9.17) is 0 Å². The van der Waals surface area contributed by atoms with Crippen molar-refractivity contribution >= 4 is 39.6 Å². The van der Waals surface area contributed by atoms with Crippen molar-refractivity contribution in [3.63, 3.8) is 0 Å². The first kappa shape index (κ1) is 12.5. The summed E-state index contributed by atoms with van der Waals surface area (Å²) in [4.78, 5) is 3.49. The van der Waals surface area contributed by atoms with Crippen LogP contribution in [0.4, 0.5) is 5.69 Å². The number of hydrogen-bond donors (Lipinski definition) is 2. The Morgan fingerprint density at radius 3 is 2.55 bits per heavy atom. The van der Waals surface area contributed by atoms with Gasteiger partial charge in [-0.2, -0.15) is 0 Å². The Hall–Kier alpha value is -2.48. The van der Waals surface area contributed by atoms with Crippen LogP contribution in [0.1, 0.15) is 18.1 Å². The molecule has 0 saturated carbocycles. The van der Waals surface area contributed by atoms with Crippen LogP contribution in [0.15, 0.2) is 43.5 Å². The highest BCUT2D eigenvalue weighted by Crippen LogP contribution is 2.35. The quantitative estimate of drug-likeness (QED) is 0.677. The zero-order chi connectivity index (χ0) is 14.1. The number of H-pyrrole nitrogens is 1. The summed E-state index contributed by atoms with van der Waals surface area (Å²) in [6.45, 7) is 10.9. The lowest BCUT2D eigenvalue weighted by molar-refractivity contribution is 1.21. The van der Waals surface area contributed by atoms with Gasteiger partial charge in [0, 0.05) is 39.6 Å². The first-order valence-corrected chi connectivity index (χ1v) is 6.86. The van der Waals surface area contributed by atoms with E-state index in [1.54, 1.807) is 0 Å². The van der Waals surface area contributed by atoms with Gasteiger partial charge in [-0.3, -0.25) is 0 Å². The highest BCUT2D eigenvalue weighted by Gasteiger charge is 2.12. The van der Waals surface area contributed by atoms with Gasteiger partial charge in [0.15, 0.2) is 0 Å². The molecule has 0 aliphatic rings. The van der Waals surface area contributed by atoms with Crippen LogP contribution in [0.2, 0.25) is 0 Å². The second kappa shape index (κ2) is 4.89. The van der Waals surface area contributed by atoms with E-state index in [0.717, 1.165) is 34.4 Å². The van der Waals surface area contributed by atoms with Crippen LogP contribution >= 0.6 is 0 Å². The van der Waals surface area contributed by atoms with Crippen LogP contribution < -0.4 is 5.32 Å². The Bertz CT molecular complexity index is 809. The van der Waals surface area contributed by atoms with Gasteiger partial charge in [-0.25, -0.2) is 0 Å². The number of hydrogen-bond acceptors (Lipinski definition) is 1. The summed E-state index contributed by atoms with van der Waals surface area (Å²) in [5.74, 6) is 0. The molecule has 0 radical (unpaired) electrons. The van der Waals surface area contributed by atoms with Gasteiger partial charge >= 0.3 is 0 Å². The smallest absolute Gasteiger partial charge is 0.0545 e. The molecular formula is C18H18N2. The van der Waals surface area contributed by atoms with Gasteiger partial charge in [0.05, 0.1) is 5.52 Å². The van der Waals surface area contributed by atoms with Crippen LogP contribution in [-0.4, -0.2) is 11.5 Å². The van der Waals surface area contributed by atoms with Gasteiger partial charge in [0.1, 0.15) is 0 Å². The molecule has 2 aromatic carbocycles. The minimum atomic E-state index is 0.880. The molecule has 3 aromatic rings. The summed E-state index contributed by atoms with van der Waals surface area (Å²) in [6, 6.07) is 10.6. The molecule has 0 unspecified atom stereocenters. The largest absolute Gasteiger partial charge is 0.385 e. The Balaban J connectivity index is 2.49. The van der Waals surface area contributed by atoms with E-state index in [9.17, 15) is 0 Å². The second-order valence-corrected chi connectivity index (χ2v) is 4.78. The van der Waals surface area contributed by atoms with E-state index in [1.165, 1.54) is 10.8 Å². The fourth-order valence-corrected chi connectivity index (χ4v) is 2.80. The summed E-state index contributed by atoms with van der Waals surface area (Å²) in [5.41, 5.74) is 5.58. The molecular weight excluding hydrogens is 244 g/mol. The SMILES string of the molecule is C=Cc1c(NCC)cc2c([nH]c3ccccc32)c1C=C. The molecule has 0 aliphatic heterocycles. The van der Waals surface area contributed by atoms with Crippen molar-refractivity contribution in [2.75, 3.05) is 11.9 Å². The second-order valence-electron chi connectivity index (χ2n) is 4.78. The third kappa shape index (κ3) is 1.73. The molecule has 0 atom stereocenters. The summed E-state index contributed by atoms with van der Waals surface area (Å²) >= 11 is 0. The van der Waals surface area contributed by atoms with E-state index in [1.807, 2.05) is 18.2 Å². The molecule has 3 rings (SSSR count). The van der Waals surface area contributed by atoms with E-state index in [-0.39, 0.29) is 0 Å². The van der Waals surface area contributed by atoms with Gasteiger partial charge in [0.25, 0.3) is 0 Å². The maximum Gasteiger partial charge on any atom is 0.0545 e. The maximum absolute atomic E-state index is 3.97. The van der Waals surface area contributed by atoms with Crippen molar-refractivity contribution in [1.29, 1.82) is 0 Å². The van der Waals surface area contributed by atoms with E-state index in [0.29, 0.717) is 0 Å². The first-order chi connectivity index (χ1) is 9.80. The first-order valence-electron chi connectivity index (χ1n) is 6.86. The van der Waals surface area contributed by atoms with Crippen molar-refractivity contribution in [3.05, 3.63) is 54.6 Å². The molecule has 0 amide bonds. The van der Waals surface area contributed by atoms with Gasteiger partial charge in [-0.15, -0.1) is 0 Å². The molecule has 2 nitrogen and oxygen atoms in total. The maximum atomic E-state index is 3.97. The normalized spacial score (nSPS) is 10.8. The lowest BCUT2D eigenvalue weighted by Crippen LogP contribution is -2.00. The fraction of sp³-hybridized carbons (Fsp3) is 0.111. The number of para-hydroxylation sites is 1. The zero-order valence-corrected chi connectivity index (χ0v) is 11.7. The molecule has 0 aliphatic carbocycles. The van der Waals surface area contributed by atoms with Crippen molar-refractivity contribution in [1.82, 2.24) is 4.98 Å². The molecule has 0 fully saturated rings. The molecule has 1 heterocycles. The lowest BCUT2D eigenvalue weighted by atomic mass is 10.00. The third-order valence-corrected chi connectivity index (χ3v) is 3.66. The van der Waals surface area contributed by atoms with Crippen LogP contribution in [0.5, 0.6) is 0 Å². The minimum Gasteiger partial charge on any atom is -0.385 e. The number of rotatable bonds is 4. The molecule has 20 heavy (non-hydrogen) atoms. The number of aromatic nitrogens is 1. The molecule has 2 N–H and O–H groups in total. The van der Waals surface area contributed by atoms with Crippen molar-refractivity contribution < 1.29 is 0 Å². The number of nitrogens with one attached hydrogen (secondary N) is 2. The van der Waals surface area contributed by atoms with Gasteiger partial charge < -0.3 is 10.3 Å². The topological polar surface area (TPSA) is 27.8 Å². The summed E-state index contributed by atoms with van der Waals surface area (Å²) in [6.07, 6.45) is 3.79. The van der Waals surface area contributed by atoms with Crippen molar-refractivity contribution in [2.45, 2.75) is 6.92 Å². The molecule has 100 valence electrons. The Kier molecular flexibility index (Phi) is 3.07. The Morgan fingerprint density at radius 2 is 1.85 bits per heavy atom. The number of aromatic amines is 1. The average Bonchev–Trinajstić information content (AvgIpc) is 2.84. The molecule has 0 bridgehead atoms. The summed E-state index contributed by atoms with van der Waals surface area (Å²) in [5, 5.41) is 5.87. The number of benzene rings is 2. The zero-order valence-electron chi connectivity index (χ0n) is 11.7. The van der Waals surface area contributed by atoms with Gasteiger partial charge in [-0.05, 0) is 19.1 Å². The summed E-state index contributed by atoms with van der Waals surface area (Å²) in [7, 11) is 0. The predicted molar refractivity (Wildman–Crippen MR) is 90.2 cm³/mol.